The van der Waals surface area contributed by atoms with E-state index in [1.165, 1.54) is 38.4 Å². The number of nitrogens with two attached hydrogens (primary N) is 1. The molecule has 2 fully saturated rings. The fourth-order valence-electron chi connectivity index (χ4n) is 5.47. The summed E-state index contributed by atoms with van der Waals surface area (Å²) in [6, 6.07) is 4.70. The molecule has 2 saturated carbocycles. The van der Waals surface area contributed by atoms with E-state index in [1.807, 2.05) is 6.07 Å². The minimum absolute atomic E-state index is 0.181. The molecule has 26 heavy (non-hydrogen) atoms. The number of hydrogen-bond donors (Lipinski definition) is 2. The second kappa shape index (κ2) is 6.79. The van der Waals surface area contributed by atoms with Crippen LogP contribution >= 0.6 is 0 Å². The highest BCUT2D eigenvalue weighted by Crippen LogP contribution is 2.63. The number of benzene rings is 1. The lowest BCUT2D eigenvalue weighted by Crippen LogP contribution is -2.32. The number of nitrogens with one attached hydrogen (secondary N) is 1. The van der Waals surface area contributed by atoms with E-state index in [9.17, 15) is 4.79 Å². The highest BCUT2D eigenvalue weighted by molar-refractivity contribution is 5.72. The van der Waals surface area contributed by atoms with Crippen molar-refractivity contribution in [1.29, 1.82) is 0 Å². The van der Waals surface area contributed by atoms with Crippen molar-refractivity contribution >= 4 is 17.3 Å². The first-order chi connectivity index (χ1) is 12.1. The van der Waals surface area contributed by atoms with E-state index in [1.54, 1.807) is 0 Å². The normalized spacial score (nSPS) is 29.4. The van der Waals surface area contributed by atoms with E-state index < -0.39 is 0 Å². The fraction of sp³-hybridized carbons (Fsp3) is 0.682. The number of carbonyl (C=O) groups excluding carboxylic acids is 1. The van der Waals surface area contributed by atoms with Gasteiger partial charge in [-0.3, -0.25) is 4.79 Å². The number of aryl methyl sites for hydroxylation is 2. The van der Waals surface area contributed by atoms with Crippen LogP contribution in [0.25, 0.3) is 0 Å². The Hall–Kier alpha value is -1.71. The maximum atomic E-state index is 11.4. The van der Waals surface area contributed by atoms with Crippen LogP contribution in [0.2, 0.25) is 0 Å². The zero-order valence-electron chi connectivity index (χ0n) is 16.9. The summed E-state index contributed by atoms with van der Waals surface area (Å²) in [5.41, 5.74) is 11.3. The van der Waals surface area contributed by atoms with Gasteiger partial charge in [0.05, 0.1) is 18.5 Å². The van der Waals surface area contributed by atoms with E-state index in [0.717, 1.165) is 22.9 Å². The Labute approximate surface area is 157 Å². The van der Waals surface area contributed by atoms with Crippen molar-refractivity contribution in [3.8, 4) is 0 Å². The molecule has 0 amide bonds. The van der Waals surface area contributed by atoms with E-state index >= 15 is 0 Å². The average molecular weight is 359 g/mol. The number of ether oxygens (including phenoxy) is 1. The topological polar surface area (TPSA) is 64.3 Å². The Balaban J connectivity index is 1.68. The van der Waals surface area contributed by atoms with Gasteiger partial charge in [-0.1, -0.05) is 20.8 Å². The minimum Gasteiger partial charge on any atom is -0.469 e. The number of carbonyl (C=O) groups is 1. The van der Waals surface area contributed by atoms with Gasteiger partial charge in [0.15, 0.2) is 0 Å². The number of rotatable bonds is 5. The van der Waals surface area contributed by atoms with Gasteiger partial charge in [0.25, 0.3) is 0 Å². The molecule has 0 bridgehead atoms. The summed E-state index contributed by atoms with van der Waals surface area (Å²) in [5, 5.41) is 3.73. The number of methoxy groups -OCH3 is 1. The Morgan fingerprint density at radius 2 is 2.04 bits per heavy atom. The first-order valence-corrected chi connectivity index (χ1v) is 9.86. The van der Waals surface area contributed by atoms with Crippen molar-refractivity contribution in [2.45, 2.75) is 72.3 Å². The first kappa shape index (κ1) is 19.1. The lowest BCUT2D eigenvalue weighted by atomic mass is 9.66. The monoisotopic (exact) mass is 358 g/mol. The van der Waals surface area contributed by atoms with Crippen LogP contribution in [0.3, 0.4) is 0 Å². The number of esters is 1. The maximum Gasteiger partial charge on any atom is 0.305 e. The van der Waals surface area contributed by atoms with Crippen LogP contribution in [-0.2, 0) is 16.0 Å². The zero-order chi connectivity index (χ0) is 19.1. The van der Waals surface area contributed by atoms with Crippen LogP contribution in [0.5, 0.6) is 0 Å². The van der Waals surface area contributed by atoms with Gasteiger partial charge in [-0.15, -0.1) is 0 Å². The molecule has 1 spiro atoms. The molecule has 1 aromatic carbocycles. The molecule has 0 radical (unpaired) electrons. The molecule has 2 aliphatic carbocycles. The highest BCUT2D eigenvalue weighted by Gasteiger charge is 2.58. The third-order valence-corrected chi connectivity index (χ3v) is 6.34. The summed E-state index contributed by atoms with van der Waals surface area (Å²) in [6.45, 7) is 9.31. The summed E-state index contributed by atoms with van der Waals surface area (Å²) >= 11 is 0. The predicted molar refractivity (Wildman–Crippen MR) is 107 cm³/mol. The van der Waals surface area contributed by atoms with Crippen LogP contribution in [0, 0.1) is 23.7 Å². The first-order valence-electron chi connectivity index (χ1n) is 9.86. The minimum atomic E-state index is -0.181. The van der Waals surface area contributed by atoms with E-state index in [4.69, 9.17) is 10.5 Å². The van der Waals surface area contributed by atoms with E-state index in [2.05, 4.69) is 39.1 Å². The summed E-state index contributed by atoms with van der Waals surface area (Å²) in [5.74, 6) is 0.615. The Kier molecular flexibility index (Phi) is 4.98. The van der Waals surface area contributed by atoms with Crippen LogP contribution in [0.4, 0.5) is 11.4 Å². The molecule has 3 N–H and O–H groups in total. The molecule has 1 aromatic rings. The van der Waals surface area contributed by atoms with Crippen molar-refractivity contribution in [2.24, 2.45) is 16.7 Å². The Morgan fingerprint density at radius 1 is 1.31 bits per heavy atom. The summed E-state index contributed by atoms with van der Waals surface area (Å²) in [6.07, 6.45) is 6.27. The van der Waals surface area contributed by atoms with Gasteiger partial charge in [-0.25, -0.2) is 0 Å². The molecule has 2 aliphatic rings. The maximum absolute atomic E-state index is 11.4. The zero-order valence-corrected chi connectivity index (χ0v) is 16.9. The van der Waals surface area contributed by atoms with Gasteiger partial charge in [0, 0.05) is 12.5 Å². The highest BCUT2D eigenvalue weighted by atomic mass is 16.5. The van der Waals surface area contributed by atoms with E-state index in [-0.39, 0.29) is 5.97 Å². The molecule has 0 aliphatic heterocycles. The molecular weight excluding hydrogens is 324 g/mol. The molecule has 3 atom stereocenters. The van der Waals surface area contributed by atoms with Crippen LogP contribution in [-0.4, -0.2) is 19.1 Å². The van der Waals surface area contributed by atoms with Gasteiger partial charge in [0.1, 0.15) is 0 Å². The lowest BCUT2D eigenvalue weighted by Gasteiger charge is -2.40. The van der Waals surface area contributed by atoms with Crippen LogP contribution in [0.1, 0.15) is 64.0 Å². The molecule has 3 rings (SSSR count). The largest absolute Gasteiger partial charge is 0.469 e. The van der Waals surface area contributed by atoms with E-state index in [0.29, 0.717) is 29.7 Å². The Morgan fingerprint density at radius 3 is 2.69 bits per heavy atom. The predicted octanol–water partition coefficient (Wildman–Crippen LogP) is 4.70. The third kappa shape index (κ3) is 3.99. The lowest BCUT2D eigenvalue weighted by molar-refractivity contribution is -0.140. The molecule has 2 unspecified atom stereocenters. The fourth-order valence-corrected chi connectivity index (χ4v) is 5.47. The Bertz CT molecular complexity index is 698. The van der Waals surface area contributed by atoms with Crippen molar-refractivity contribution in [2.75, 3.05) is 18.2 Å². The van der Waals surface area contributed by atoms with Gasteiger partial charge in [-0.05, 0) is 79.0 Å². The van der Waals surface area contributed by atoms with Crippen LogP contribution in [0.15, 0.2) is 12.1 Å². The molecule has 144 valence electrons. The molecule has 4 heteroatoms. The van der Waals surface area contributed by atoms with Gasteiger partial charge in [0.2, 0.25) is 0 Å². The van der Waals surface area contributed by atoms with Crippen LogP contribution < -0.4 is 11.1 Å². The number of hydrogen-bond acceptors (Lipinski definition) is 4. The van der Waals surface area contributed by atoms with Gasteiger partial charge < -0.3 is 15.8 Å². The molecule has 4 nitrogen and oxygen atoms in total. The smallest absolute Gasteiger partial charge is 0.305 e. The second-order valence-corrected chi connectivity index (χ2v) is 9.56. The molecular formula is C22H34N2O2. The van der Waals surface area contributed by atoms with Crippen molar-refractivity contribution in [1.82, 2.24) is 0 Å². The SMILES string of the molecule is COC(=O)CCc1cc(N)c(N[C@@H]2CC23CC(C)CC(C)(C)C3)cc1C. The van der Waals surface area contributed by atoms with Crippen molar-refractivity contribution < 1.29 is 9.53 Å². The van der Waals surface area contributed by atoms with Crippen molar-refractivity contribution in [3.63, 3.8) is 0 Å². The average Bonchev–Trinajstić information content (AvgIpc) is 3.16. The number of nitrogen functional groups attached to an aromatic ring is 1. The molecule has 0 aromatic heterocycles. The quantitative estimate of drug-likeness (QED) is 0.591. The summed E-state index contributed by atoms with van der Waals surface area (Å²) in [4.78, 5) is 11.4. The summed E-state index contributed by atoms with van der Waals surface area (Å²) in [7, 11) is 1.43. The van der Waals surface area contributed by atoms with Crippen molar-refractivity contribution in [3.05, 3.63) is 23.3 Å². The summed E-state index contributed by atoms with van der Waals surface area (Å²) < 4.78 is 4.73. The van der Waals surface area contributed by atoms with Gasteiger partial charge in [-0.2, -0.15) is 0 Å². The second-order valence-electron chi connectivity index (χ2n) is 9.56. The van der Waals surface area contributed by atoms with Gasteiger partial charge >= 0.3 is 5.97 Å². The standard InChI is InChI=1S/C22H34N2O2/c1-14-10-21(3,4)13-22(11-14)12-19(22)24-18-8-15(2)16(9-17(18)23)6-7-20(25)26-5/h8-9,14,19,24H,6-7,10-13,23H2,1-5H3/t14?,19-,22?/m1/s1. The molecule has 0 heterocycles. The third-order valence-electron chi connectivity index (χ3n) is 6.34. The number of anilines is 2. The molecule has 0 saturated heterocycles.